The molecule has 2 N–H and O–H groups in total. The number of rotatable bonds is 5. The minimum Gasteiger partial charge on any atom is -0.481 e. The lowest BCUT2D eigenvalue weighted by Crippen LogP contribution is -2.27. The molecule has 0 aromatic carbocycles. The third kappa shape index (κ3) is 6.43. The molecule has 0 aliphatic rings. The summed E-state index contributed by atoms with van der Waals surface area (Å²) in [5.74, 6) is -0.488. The highest BCUT2D eigenvalue weighted by molar-refractivity contribution is 5.85. The van der Waals surface area contributed by atoms with Gasteiger partial charge in [0.05, 0.1) is 5.92 Å². The molecule has 0 unspecified atom stereocenters. The molecule has 0 aliphatic heterocycles. The molecule has 3 nitrogen and oxygen atoms in total. The van der Waals surface area contributed by atoms with Crippen molar-refractivity contribution in [1.82, 2.24) is 5.32 Å². The van der Waals surface area contributed by atoms with Crippen molar-refractivity contribution in [1.29, 1.82) is 0 Å². The van der Waals surface area contributed by atoms with Crippen molar-refractivity contribution in [2.75, 3.05) is 13.6 Å². The van der Waals surface area contributed by atoms with Gasteiger partial charge in [0.1, 0.15) is 0 Å². The summed E-state index contributed by atoms with van der Waals surface area (Å²) in [4.78, 5) is 10.6. The van der Waals surface area contributed by atoms with E-state index in [2.05, 4.69) is 5.32 Å². The summed E-state index contributed by atoms with van der Waals surface area (Å²) in [6.07, 6.45) is 0.746. The minimum atomic E-state index is -0.701. The van der Waals surface area contributed by atoms with Gasteiger partial charge in [-0.2, -0.15) is 0 Å². The van der Waals surface area contributed by atoms with E-state index in [1.807, 2.05) is 13.8 Å². The average Bonchev–Trinajstić information content (AvgIpc) is 1.86. The Kier molecular flexibility index (Phi) is 8.76. The third-order valence-corrected chi connectivity index (χ3v) is 1.56. The molecule has 12 heavy (non-hydrogen) atoms. The molecule has 0 saturated carbocycles. The van der Waals surface area contributed by atoms with Crippen LogP contribution in [-0.2, 0) is 4.79 Å². The second-order valence-electron chi connectivity index (χ2n) is 3.22. The summed E-state index contributed by atoms with van der Waals surface area (Å²) in [6.45, 7) is 4.63. The van der Waals surface area contributed by atoms with Gasteiger partial charge in [-0.05, 0) is 19.4 Å². The van der Waals surface area contributed by atoms with Gasteiger partial charge in [0.2, 0.25) is 0 Å². The fourth-order valence-electron chi connectivity index (χ4n) is 1.09. The van der Waals surface area contributed by atoms with Gasteiger partial charge in [0.25, 0.3) is 0 Å². The van der Waals surface area contributed by atoms with Crippen LogP contribution in [0.2, 0.25) is 0 Å². The van der Waals surface area contributed by atoms with E-state index < -0.39 is 5.97 Å². The van der Waals surface area contributed by atoms with Gasteiger partial charge in [-0.15, -0.1) is 12.4 Å². The number of hydrogen-bond donors (Lipinski definition) is 2. The van der Waals surface area contributed by atoms with E-state index in [1.165, 1.54) is 0 Å². The highest BCUT2D eigenvalue weighted by atomic mass is 35.5. The number of aliphatic carboxylic acids is 1. The molecule has 0 bridgehead atoms. The molecule has 0 radical (unpaired) electrons. The number of carboxylic acid groups (broad SMARTS) is 1. The summed E-state index contributed by atoms with van der Waals surface area (Å²) < 4.78 is 0. The van der Waals surface area contributed by atoms with E-state index in [0.717, 1.165) is 6.42 Å². The topological polar surface area (TPSA) is 49.3 Å². The van der Waals surface area contributed by atoms with Gasteiger partial charge in [-0.3, -0.25) is 4.79 Å². The summed E-state index contributed by atoms with van der Waals surface area (Å²) >= 11 is 0. The number of halogens is 1. The van der Waals surface area contributed by atoms with Crippen molar-refractivity contribution in [2.24, 2.45) is 11.8 Å². The molecule has 0 aliphatic carbocycles. The maximum atomic E-state index is 10.6. The zero-order valence-corrected chi connectivity index (χ0v) is 8.65. The molecule has 0 aromatic heterocycles. The van der Waals surface area contributed by atoms with Crippen molar-refractivity contribution in [3.05, 3.63) is 0 Å². The van der Waals surface area contributed by atoms with Crippen molar-refractivity contribution >= 4 is 18.4 Å². The van der Waals surface area contributed by atoms with Crippen LogP contribution in [0.15, 0.2) is 0 Å². The molecule has 0 amide bonds. The van der Waals surface area contributed by atoms with E-state index in [0.29, 0.717) is 12.5 Å². The quantitative estimate of drug-likeness (QED) is 0.697. The molecule has 0 rings (SSSR count). The zero-order chi connectivity index (χ0) is 8.85. The second-order valence-corrected chi connectivity index (χ2v) is 3.22. The fraction of sp³-hybridized carbons (Fsp3) is 0.875. The number of carbonyl (C=O) groups is 1. The van der Waals surface area contributed by atoms with Crippen LogP contribution >= 0.6 is 12.4 Å². The largest absolute Gasteiger partial charge is 0.481 e. The van der Waals surface area contributed by atoms with Gasteiger partial charge in [-0.1, -0.05) is 13.8 Å². The highest BCUT2D eigenvalue weighted by Gasteiger charge is 2.17. The Morgan fingerprint density at radius 2 is 2.00 bits per heavy atom. The Balaban J connectivity index is 0. The smallest absolute Gasteiger partial charge is 0.307 e. The predicted molar refractivity (Wildman–Crippen MR) is 51.8 cm³/mol. The second kappa shape index (κ2) is 7.37. The summed E-state index contributed by atoms with van der Waals surface area (Å²) in [5, 5.41) is 11.6. The molecule has 0 heterocycles. The standard InChI is InChI=1S/C8H17NO2.ClH/c1-6(2)4-7(5-9-3)8(10)11;/h6-7,9H,4-5H2,1-3H3,(H,10,11);1H/t7-;/m1./s1. The van der Waals surface area contributed by atoms with Crippen molar-refractivity contribution in [2.45, 2.75) is 20.3 Å². The van der Waals surface area contributed by atoms with E-state index in [9.17, 15) is 4.79 Å². The predicted octanol–water partition coefficient (Wildman–Crippen LogP) is 1.37. The summed E-state index contributed by atoms with van der Waals surface area (Å²) in [5.41, 5.74) is 0. The van der Waals surface area contributed by atoms with Crippen LogP contribution < -0.4 is 5.32 Å². The number of nitrogens with one attached hydrogen (secondary N) is 1. The van der Waals surface area contributed by atoms with Crippen molar-refractivity contribution < 1.29 is 9.90 Å². The first-order valence-electron chi connectivity index (χ1n) is 3.95. The van der Waals surface area contributed by atoms with Gasteiger partial charge in [0, 0.05) is 6.54 Å². The maximum absolute atomic E-state index is 10.6. The van der Waals surface area contributed by atoms with Gasteiger partial charge < -0.3 is 10.4 Å². The molecule has 0 spiro atoms. The van der Waals surface area contributed by atoms with E-state index >= 15 is 0 Å². The lowest BCUT2D eigenvalue weighted by atomic mass is 9.97. The lowest BCUT2D eigenvalue weighted by molar-refractivity contribution is -0.142. The Hall–Kier alpha value is -0.280. The highest BCUT2D eigenvalue weighted by Crippen LogP contribution is 2.10. The SMILES string of the molecule is CNC[C@@H](CC(C)C)C(=O)O.Cl. The fourth-order valence-corrected chi connectivity index (χ4v) is 1.09. The molecule has 1 atom stereocenters. The number of carboxylic acids is 1. The molecular formula is C8H18ClNO2. The lowest BCUT2D eigenvalue weighted by Gasteiger charge is -2.13. The van der Waals surface area contributed by atoms with Gasteiger partial charge in [0.15, 0.2) is 0 Å². The van der Waals surface area contributed by atoms with Gasteiger partial charge >= 0.3 is 5.97 Å². The van der Waals surface area contributed by atoms with E-state index in [4.69, 9.17) is 5.11 Å². The van der Waals surface area contributed by atoms with E-state index in [1.54, 1.807) is 7.05 Å². The van der Waals surface area contributed by atoms with E-state index in [-0.39, 0.29) is 18.3 Å². The zero-order valence-electron chi connectivity index (χ0n) is 7.83. The number of hydrogen-bond acceptors (Lipinski definition) is 2. The molecule has 0 fully saturated rings. The molecule has 0 aromatic rings. The third-order valence-electron chi connectivity index (χ3n) is 1.56. The Morgan fingerprint density at radius 1 is 1.50 bits per heavy atom. The normalized spacial score (nSPS) is 12.3. The van der Waals surface area contributed by atoms with Crippen LogP contribution in [-0.4, -0.2) is 24.7 Å². The molecular weight excluding hydrogens is 178 g/mol. The first-order valence-corrected chi connectivity index (χ1v) is 3.95. The van der Waals surface area contributed by atoms with Crippen LogP contribution in [0, 0.1) is 11.8 Å². The van der Waals surface area contributed by atoms with Crippen LogP contribution in [0.1, 0.15) is 20.3 Å². The molecule has 4 heteroatoms. The maximum Gasteiger partial charge on any atom is 0.307 e. The average molecular weight is 196 g/mol. The molecule has 74 valence electrons. The van der Waals surface area contributed by atoms with Crippen LogP contribution in [0.5, 0.6) is 0 Å². The first kappa shape index (κ1) is 14.3. The first-order chi connectivity index (χ1) is 5.07. The Morgan fingerprint density at radius 3 is 2.25 bits per heavy atom. The minimum absolute atomic E-state index is 0. The summed E-state index contributed by atoms with van der Waals surface area (Å²) in [7, 11) is 1.77. The van der Waals surface area contributed by atoms with Gasteiger partial charge in [-0.25, -0.2) is 0 Å². The Labute approximate surface area is 80.0 Å². The van der Waals surface area contributed by atoms with Crippen LogP contribution in [0.3, 0.4) is 0 Å². The van der Waals surface area contributed by atoms with Crippen molar-refractivity contribution in [3.8, 4) is 0 Å². The van der Waals surface area contributed by atoms with Crippen LogP contribution in [0.4, 0.5) is 0 Å². The van der Waals surface area contributed by atoms with Crippen molar-refractivity contribution in [3.63, 3.8) is 0 Å². The van der Waals surface area contributed by atoms with Crippen LogP contribution in [0.25, 0.3) is 0 Å². The monoisotopic (exact) mass is 195 g/mol. The molecule has 0 saturated heterocycles. The Bertz CT molecular complexity index is 128. The summed E-state index contributed by atoms with van der Waals surface area (Å²) in [6, 6.07) is 0.